The minimum absolute atomic E-state index is 0.522. The maximum absolute atomic E-state index is 10.1. The van der Waals surface area contributed by atoms with Crippen molar-refractivity contribution in [2.45, 2.75) is 25.9 Å². The molecule has 0 radical (unpaired) electrons. The summed E-state index contributed by atoms with van der Waals surface area (Å²) in [5.74, 6) is 2.32. The van der Waals surface area contributed by atoms with Crippen molar-refractivity contribution >= 4 is 0 Å². The molecule has 0 amide bonds. The van der Waals surface area contributed by atoms with Crippen LogP contribution in [0.15, 0.2) is 40.8 Å². The minimum Gasteiger partial charge on any atom is -0.497 e. The number of methoxy groups -OCH3 is 1. The van der Waals surface area contributed by atoms with Crippen LogP contribution in [-0.2, 0) is 12.8 Å². The number of aliphatic hydroxyl groups excluding tert-OH is 1. The van der Waals surface area contributed by atoms with Gasteiger partial charge in [-0.25, -0.2) is 0 Å². The molecule has 0 spiro atoms. The predicted molar refractivity (Wildman–Crippen MR) is 69.7 cm³/mol. The van der Waals surface area contributed by atoms with Crippen molar-refractivity contribution in [3.05, 3.63) is 53.5 Å². The Bertz CT molecular complexity index is 502. The Balaban J connectivity index is 2.08. The second-order valence-electron chi connectivity index (χ2n) is 4.23. The molecule has 0 aliphatic carbocycles. The van der Waals surface area contributed by atoms with E-state index < -0.39 is 6.10 Å². The van der Waals surface area contributed by atoms with Gasteiger partial charge < -0.3 is 14.3 Å². The van der Waals surface area contributed by atoms with Gasteiger partial charge in [0, 0.05) is 12.8 Å². The summed E-state index contributed by atoms with van der Waals surface area (Å²) >= 11 is 0. The summed E-state index contributed by atoms with van der Waals surface area (Å²) in [7, 11) is 1.63. The zero-order valence-corrected chi connectivity index (χ0v) is 10.7. The summed E-state index contributed by atoms with van der Waals surface area (Å²) in [6, 6.07) is 11.4. The molecule has 1 heterocycles. The molecule has 96 valence electrons. The Labute approximate surface area is 107 Å². The van der Waals surface area contributed by atoms with Crippen molar-refractivity contribution in [3.8, 4) is 5.75 Å². The van der Waals surface area contributed by atoms with E-state index in [1.807, 2.05) is 43.3 Å². The Morgan fingerprint density at radius 2 is 2.11 bits per heavy atom. The van der Waals surface area contributed by atoms with E-state index in [9.17, 15) is 5.11 Å². The highest BCUT2D eigenvalue weighted by atomic mass is 16.5. The fraction of sp³-hybridized carbons (Fsp3) is 0.333. The summed E-state index contributed by atoms with van der Waals surface area (Å²) < 4.78 is 10.7. The van der Waals surface area contributed by atoms with Crippen LogP contribution in [0.5, 0.6) is 5.75 Å². The number of furan rings is 1. The van der Waals surface area contributed by atoms with Gasteiger partial charge in [-0.3, -0.25) is 0 Å². The van der Waals surface area contributed by atoms with Gasteiger partial charge in [0.05, 0.1) is 7.11 Å². The third-order valence-corrected chi connectivity index (χ3v) is 2.92. The zero-order chi connectivity index (χ0) is 13.0. The fourth-order valence-corrected chi connectivity index (χ4v) is 1.89. The highest BCUT2D eigenvalue weighted by Gasteiger charge is 2.13. The van der Waals surface area contributed by atoms with E-state index in [0.29, 0.717) is 12.2 Å². The van der Waals surface area contributed by atoms with Gasteiger partial charge in [0.1, 0.15) is 23.4 Å². The smallest absolute Gasteiger partial charge is 0.133 e. The zero-order valence-electron chi connectivity index (χ0n) is 10.7. The molecule has 2 aromatic rings. The first-order valence-corrected chi connectivity index (χ1v) is 6.12. The second-order valence-corrected chi connectivity index (χ2v) is 4.23. The molecular formula is C15H18O3. The number of aliphatic hydroxyl groups is 1. The SMILES string of the molecule is CCc1ccc(C(O)Cc2cccc(OC)c2)o1. The number of ether oxygens (including phenoxy) is 1. The molecule has 0 aliphatic heterocycles. The normalized spacial score (nSPS) is 12.4. The van der Waals surface area contributed by atoms with Crippen LogP contribution in [-0.4, -0.2) is 12.2 Å². The summed E-state index contributed by atoms with van der Waals surface area (Å²) in [5, 5.41) is 10.1. The second kappa shape index (κ2) is 5.74. The average Bonchev–Trinajstić information content (AvgIpc) is 2.88. The molecule has 18 heavy (non-hydrogen) atoms. The topological polar surface area (TPSA) is 42.6 Å². The van der Waals surface area contributed by atoms with Crippen LogP contribution in [0, 0.1) is 0 Å². The third kappa shape index (κ3) is 2.93. The molecule has 3 heteroatoms. The van der Waals surface area contributed by atoms with Gasteiger partial charge >= 0.3 is 0 Å². The summed E-state index contributed by atoms with van der Waals surface area (Å²) in [5.41, 5.74) is 1.02. The highest BCUT2D eigenvalue weighted by Crippen LogP contribution is 2.22. The lowest BCUT2D eigenvalue weighted by Gasteiger charge is -2.09. The quantitative estimate of drug-likeness (QED) is 0.881. The Morgan fingerprint density at radius 1 is 1.28 bits per heavy atom. The van der Waals surface area contributed by atoms with Crippen LogP contribution in [0.4, 0.5) is 0 Å². The molecule has 1 atom stereocenters. The molecule has 0 bridgehead atoms. The lowest BCUT2D eigenvalue weighted by atomic mass is 10.1. The van der Waals surface area contributed by atoms with Crippen LogP contribution < -0.4 is 4.74 Å². The molecule has 1 unspecified atom stereocenters. The van der Waals surface area contributed by atoms with Crippen LogP contribution in [0.2, 0.25) is 0 Å². The monoisotopic (exact) mass is 246 g/mol. The molecule has 0 fully saturated rings. The average molecular weight is 246 g/mol. The summed E-state index contributed by atoms with van der Waals surface area (Å²) in [6.07, 6.45) is 0.747. The molecule has 1 aromatic carbocycles. The van der Waals surface area contributed by atoms with Crippen LogP contribution in [0.3, 0.4) is 0 Å². The summed E-state index contributed by atoms with van der Waals surface area (Å²) in [6.45, 7) is 2.02. The number of hydrogen-bond acceptors (Lipinski definition) is 3. The summed E-state index contributed by atoms with van der Waals surface area (Å²) in [4.78, 5) is 0. The van der Waals surface area contributed by atoms with Crippen molar-refractivity contribution < 1.29 is 14.3 Å². The first-order chi connectivity index (χ1) is 8.72. The minimum atomic E-state index is -0.614. The molecule has 2 rings (SSSR count). The molecule has 0 aliphatic rings. The molecule has 0 saturated heterocycles. The van der Waals surface area contributed by atoms with Crippen LogP contribution in [0.1, 0.15) is 30.1 Å². The van der Waals surface area contributed by atoms with E-state index in [2.05, 4.69) is 0 Å². The first kappa shape index (κ1) is 12.7. The van der Waals surface area contributed by atoms with E-state index in [1.54, 1.807) is 7.11 Å². The molecule has 0 saturated carbocycles. The lowest BCUT2D eigenvalue weighted by molar-refractivity contribution is 0.148. The Hall–Kier alpha value is -1.74. The van der Waals surface area contributed by atoms with Gasteiger partial charge in [0.15, 0.2) is 0 Å². The highest BCUT2D eigenvalue weighted by molar-refractivity contribution is 5.29. The van der Waals surface area contributed by atoms with E-state index in [1.165, 1.54) is 0 Å². The van der Waals surface area contributed by atoms with Crippen LogP contribution in [0.25, 0.3) is 0 Å². The van der Waals surface area contributed by atoms with E-state index >= 15 is 0 Å². The number of hydrogen-bond donors (Lipinski definition) is 1. The van der Waals surface area contributed by atoms with Crippen molar-refractivity contribution in [3.63, 3.8) is 0 Å². The van der Waals surface area contributed by atoms with Crippen LogP contribution >= 0.6 is 0 Å². The maximum Gasteiger partial charge on any atom is 0.133 e. The van der Waals surface area contributed by atoms with Crippen molar-refractivity contribution in [2.24, 2.45) is 0 Å². The third-order valence-electron chi connectivity index (χ3n) is 2.92. The number of benzene rings is 1. The van der Waals surface area contributed by atoms with Gasteiger partial charge in [-0.05, 0) is 29.8 Å². The van der Waals surface area contributed by atoms with E-state index in [0.717, 1.165) is 23.5 Å². The number of aryl methyl sites for hydroxylation is 1. The van der Waals surface area contributed by atoms with Crippen molar-refractivity contribution in [1.82, 2.24) is 0 Å². The predicted octanol–water partition coefficient (Wildman–Crippen LogP) is 3.13. The molecule has 3 nitrogen and oxygen atoms in total. The van der Waals surface area contributed by atoms with Gasteiger partial charge in [-0.1, -0.05) is 19.1 Å². The fourth-order valence-electron chi connectivity index (χ4n) is 1.89. The van der Waals surface area contributed by atoms with E-state index in [4.69, 9.17) is 9.15 Å². The number of rotatable bonds is 5. The molecule has 1 aromatic heterocycles. The van der Waals surface area contributed by atoms with Crippen molar-refractivity contribution in [2.75, 3.05) is 7.11 Å². The maximum atomic E-state index is 10.1. The standard InChI is InChI=1S/C15H18O3/c1-3-12-7-8-15(18-12)14(16)10-11-5-4-6-13(9-11)17-2/h4-9,14,16H,3,10H2,1-2H3. The van der Waals surface area contributed by atoms with Gasteiger partial charge in [-0.15, -0.1) is 0 Å². The Kier molecular flexibility index (Phi) is 4.05. The van der Waals surface area contributed by atoms with Gasteiger partial charge in [0.25, 0.3) is 0 Å². The van der Waals surface area contributed by atoms with E-state index in [-0.39, 0.29) is 0 Å². The van der Waals surface area contributed by atoms with Gasteiger partial charge in [0.2, 0.25) is 0 Å². The van der Waals surface area contributed by atoms with Crippen molar-refractivity contribution in [1.29, 1.82) is 0 Å². The molecular weight excluding hydrogens is 228 g/mol. The Morgan fingerprint density at radius 3 is 2.78 bits per heavy atom. The lowest BCUT2D eigenvalue weighted by Crippen LogP contribution is -2.00. The molecule has 1 N–H and O–H groups in total. The first-order valence-electron chi connectivity index (χ1n) is 6.12. The largest absolute Gasteiger partial charge is 0.497 e. The van der Waals surface area contributed by atoms with Gasteiger partial charge in [-0.2, -0.15) is 0 Å².